The Morgan fingerprint density at radius 3 is 2.15 bits per heavy atom. The molecule has 174 valence electrons. The molecule has 1 aliphatic rings. The molecular weight excluding hydrogens is 496 g/mol. The number of halogens is 3. The standard InChI is InChI=1S/C25H20Cl2FN3O2S/c26-17-3-1-16(2-4-17)13-14-30-22(15-23(32)29-20-9-7-19(28)8-10-20)24(33)31(25(30)34)21-11-5-18(27)6-12-21/h1-12,22H,13-15H2,(H,29,32)/t22-/m0/s1. The van der Waals surface area contributed by atoms with Gasteiger partial charge in [0, 0.05) is 22.3 Å². The molecule has 0 aliphatic carbocycles. The van der Waals surface area contributed by atoms with Crippen molar-refractivity contribution in [1.82, 2.24) is 4.90 Å². The molecule has 0 aromatic heterocycles. The second kappa shape index (κ2) is 10.5. The van der Waals surface area contributed by atoms with Crippen LogP contribution in [0.3, 0.4) is 0 Å². The number of hydrogen-bond acceptors (Lipinski definition) is 3. The predicted molar refractivity (Wildman–Crippen MR) is 137 cm³/mol. The Morgan fingerprint density at radius 1 is 0.941 bits per heavy atom. The van der Waals surface area contributed by atoms with E-state index in [0.29, 0.717) is 39.5 Å². The van der Waals surface area contributed by atoms with Crippen LogP contribution in [0.15, 0.2) is 72.8 Å². The molecule has 0 radical (unpaired) electrons. The Kier molecular flexibility index (Phi) is 7.46. The number of amides is 2. The first-order chi connectivity index (χ1) is 16.3. The van der Waals surface area contributed by atoms with E-state index in [1.165, 1.54) is 29.2 Å². The molecule has 0 bridgehead atoms. The lowest BCUT2D eigenvalue weighted by Crippen LogP contribution is -2.39. The Hall–Kier alpha value is -3.00. The van der Waals surface area contributed by atoms with Gasteiger partial charge < -0.3 is 10.2 Å². The molecule has 1 fully saturated rings. The summed E-state index contributed by atoms with van der Waals surface area (Å²) in [6, 6.07) is 18.9. The molecule has 4 rings (SSSR count). The van der Waals surface area contributed by atoms with Crippen LogP contribution in [0.4, 0.5) is 15.8 Å². The number of hydrogen-bond donors (Lipinski definition) is 1. The van der Waals surface area contributed by atoms with E-state index < -0.39 is 11.9 Å². The molecule has 3 aromatic rings. The first-order valence-corrected chi connectivity index (χ1v) is 11.7. The van der Waals surface area contributed by atoms with Gasteiger partial charge in [0.1, 0.15) is 11.9 Å². The molecule has 0 unspecified atom stereocenters. The second-order valence-electron chi connectivity index (χ2n) is 7.78. The highest BCUT2D eigenvalue weighted by Gasteiger charge is 2.43. The molecule has 34 heavy (non-hydrogen) atoms. The van der Waals surface area contributed by atoms with Crippen molar-refractivity contribution in [3.05, 3.63) is 94.2 Å². The molecule has 9 heteroatoms. The molecular formula is C25H20Cl2FN3O2S. The maximum absolute atomic E-state index is 13.4. The quantitative estimate of drug-likeness (QED) is 0.409. The lowest BCUT2D eigenvalue weighted by atomic mass is 10.1. The lowest BCUT2D eigenvalue weighted by Gasteiger charge is -2.24. The molecule has 2 amide bonds. The number of rotatable bonds is 7. The van der Waals surface area contributed by atoms with Crippen molar-refractivity contribution < 1.29 is 14.0 Å². The van der Waals surface area contributed by atoms with Crippen LogP contribution in [0, 0.1) is 5.82 Å². The van der Waals surface area contributed by atoms with Crippen LogP contribution in [0.5, 0.6) is 0 Å². The molecule has 3 aromatic carbocycles. The second-order valence-corrected chi connectivity index (χ2v) is 9.02. The van der Waals surface area contributed by atoms with Gasteiger partial charge in [-0.25, -0.2) is 4.39 Å². The maximum atomic E-state index is 13.4. The zero-order valence-electron chi connectivity index (χ0n) is 17.9. The number of nitrogens with one attached hydrogen (secondary N) is 1. The van der Waals surface area contributed by atoms with Crippen molar-refractivity contribution in [3.63, 3.8) is 0 Å². The van der Waals surface area contributed by atoms with Crippen LogP contribution < -0.4 is 10.2 Å². The zero-order chi connectivity index (χ0) is 24.2. The Morgan fingerprint density at radius 2 is 1.53 bits per heavy atom. The third kappa shape index (κ3) is 5.55. The highest BCUT2D eigenvalue weighted by atomic mass is 35.5. The number of thiocarbonyl (C=S) groups is 1. The van der Waals surface area contributed by atoms with Crippen molar-refractivity contribution in [3.8, 4) is 0 Å². The maximum Gasteiger partial charge on any atom is 0.256 e. The van der Waals surface area contributed by atoms with Gasteiger partial charge in [0.05, 0.1) is 12.1 Å². The Labute approximate surface area is 212 Å². The van der Waals surface area contributed by atoms with Crippen LogP contribution in [-0.4, -0.2) is 34.4 Å². The fraction of sp³-hybridized carbons (Fsp3) is 0.160. The summed E-state index contributed by atoms with van der Waals surface area (Å²) < 4.78 is 13.2. The summed E-state index contributed by atoms with van der Waals surface area (Å²) in [5, 5.41) is 4.21. The van der Waals surface area contributed by atoms with Gasteiger partial charge in [-0.05, 0) is 84.9 Å². The third-order valence-electron chi connectivity index (χ3n) is 5.46. The van der Waals surface area contributed by atoms with Crippen molar-refractivity contribution in [2.24, 2.45) is 0 Å². The van der Waals surface area contributed by atoms with Crippen molar-refractivity contribution >= 4 is 63.7 Å². The number of carbonyl (C=O) groups excluding carboxylic acids is 2. The zero-order valence-corrected chi connectivity index (χ0v) is 20.2. The minimum Gasteiger partial charge on any atom is -0.336 e. The predicted octanol–water partition coefficient (Wildman–Crippen LogP) is 5.71. The summed E-state index contributed by atoms with van der Waals surface area (Å²) in [5.74, 6) is -1.07. The topological polar surface area (TPSA) is 52.7 Å². The molecule has 1 heterocycles. The molecule has 1 N–H and O–H groups in total. The van der Waals surface area contributed by atoms with Crippen LogP contribution >= 0.6 is 35.4 Å². The van der Waals surface area contributed by atoms with Gasteiger partial charge in [-0.2, -0.15) is 0 Å². The average molecular weight is 516 g/mol. The SMILES string of the molecule is O=C(C[C@H]1C(=O)N(c2ccc(Cl)cc2)C(=S)N1CCc1ccc(Cl)cc1)Nc1ccc(F)cc1. The minimum absolute atomic E-state index is 0.110. The first kappa shape index (κ1) is 24.1. The van der Waals surface area contributed by atoms with E-state index in [4.69, 9.17) is 35.4 Å². The van der Waals surface area contributed by atoms with E-state index in [-0.39, 0.29) is 18.2 Å². The Bertz CT molecular complexity index is 1200. The lowest BCUT2D eigenvalue weighted by molar-refractivity contribution is -0.124. The van der Waals surface area contributed by atoms with E-state index in [2.05, 4.69) is 5.32 Å². The molecule has 1 aliphatic heterocycles. The van der Waals surface area contributed by atoms with E-state index in [1.807, 2.05) is 12.1 Å². The largest absolute Gasteiger partial charge is 0.336 e. The van der Waals surface area contributed by atoms with Gasteiger partial charge in [-0.3, -0.25) is 14.5 Å². The summed E-state index contributed by atoms with van der Waals surface area (Å²) in [5.41, 5.74) is 2.05. The average Bonchev–Trinajstić information content (AvgIpc) is 3.04. The van der Waals surface area contributed by atoms with Crippen molar-refractivity contribution in [1.29, 1.82) is 0 Å². The van der Waals surface area contributed by atoms with Crippen molar-refractivity contribution in [2.75, 3.05) is 16.8 Å². The van der Waals surface area contributed by atoms with E-state index in [1.54, 1.807) is 41.3 Å². The number of nitrogens with zero attached hydrogens (tertiary/aromatic N) is 2. The number of benzene rings is 3. The summed E-state index contributed by atoms with van der Waals surface area (Å²) in [6.07, 6.45) is 0.496. The van der Waals surface area contributed by atoms with Gasteiger partial charge in [-0.1, -0.05) is 35.3 Å². The summed E-state index contributed by atoms with van der Waals surface area (Å²) in [6.45, 7) is 0.435. The molecule has 5 nitrogen and oxygen atoms in total. The summed E-state index contributed by atoms with van der Waals surface area (Å²) in [4.78, 5) is 29.4. The van der Waals surface area contributed by atoms with Crippen LogP contribution in [-0.2, 0) is 16.0 Å². The van der Waals surface area contributed by atoms with E-state index >= 15 is 0 Å². The summed E-state index contributed by atoms with van der Waals surface area (Å²) in [7, 11) is 0. The van der Waals surface area contributed by atoms with Crippen molar-refractivity contribution in [2.45, 2.75) is 18.9 Å². The van der Waals surface area contributed by atoms with Gasteiger partial charge in [0.25, 0.3) is 5.91 Å². The van der Waals surface area contributed by atoms with Gasteiger partial charge in [0.2, 0.25) is 5.91 Å². The first-order valence-electron chi connectivity index (χ1n) is 10.5. The van der Waals surface area contributed by atoms with Gasteiger partial charge in [-0.15, -0.1) is 0 Å². The fourth-order valence-corrected chi connectivity index (χ4v) is 4.40. The third-order valence-corrected chi connectivity index (χ3v) is 6.39. The van der Waals surface area contributed by atoms with Crippen LogP contribution in [0.1, 0.15) is 12.0 Å². The molecule has 0 spiro atoms. The summed E-state index contributed by atoms with van der Waals surface area (Å²) >= 11 is 17.6. The normalized spacial score (nSPS) is 15.7. The number of carbonyl (C=O) groups is 2. The van der Waals surface area contributed by atoms with Gasteiger partial charge in [0.15, 0.2) is 5.11 Å². The van der Waals surface area contributed by atoms with Crippen LogP contribution in [0.25, 0.3) is 0 Å². The highest BCUT2D eigenvalue weighted by molar-refractivity contribution is 7.80. The molecule has 1 saturated heterocycles. The smallest absolute Gasteiger partial charge is 0.256 e. The molecule has 1 atom stereocenters. The minimum atomic E-state index is -0.782. The monoisotopic (exact) mass is 515 g/mol. The highest BCUT2D eigenvalue weighted by Crippen LogP contribution is 2.29. The van der Waals surface area contributed by atoms with Crippen LogP contribution in [0.2, 0.25) is 10.0 Å². The Balaban J connectivity index is 1.55. The van der Waals surface area contributed by atoms with Gasteiger partial charge >= 0.3 is 0 Å². The fourth-order valence-electron chi connectivity index (χ4n) is 3.74. The number of anilines is 2. The van der Waals surface area contributed by atoms with E-state index in [0.717, 1.165) is 5.56 Å². The molecule has 0 saturated carbocycles. The van der Waals surface area contributed by atoms with E-state index in [9.17, 15) is 14.0 Å².